The van der Waals surface area contributed by atoms with Crippen molar-refractivity contribution >= 4 is 52.0 Å². The molecule has 5 heteroatoms. The van der Waals surface area contributed by atoms with Gasteiger partial charge in [0, 0.05) is 0 Å². The molecule has 1 saturated heterocycles. The highest BCUT2D eigenvalue weighted by atomic mass is 35.5. The molecule has 1 aliphatic heterocycles. The molecular formula is C14H23BCl2S2. The van der Waals surface area contributed by atoms with Crippen LogP contribution in [0, 0.1) is 23.2 Å². The summed E-state index contributed by atoms with van der Waals surface area (Å²) in [5.74, 6) is 5.71. The summed E-state index contributed by atoms with van der Waals surface area (Å²) in [4.78, 5) is 0. The molecule has 4 atom stereocenters. The normalized spacial score (nSPS) is 41.7. The number of fused-ring (bicyclic) bond motifs is 2. The molecule has 0 nitrogen and oxygen atoms in total. The van der Waals surface area contributed by atoms with E-state index in [4.69, 9.17) is 22.9 Å². The Labute approximate surface area is 136 Å². The van der Waals surface area contributed by atoms with E-state index in [9.17, 15) is 0 Å². The Hall–Kier alpha value is 1.34. The molecule has 0 aromatic carbocycles. The van der Waals surface area contributed by atoms with Crippen LogP contribution in [0.4, 0.5) is 0 Å². The maximum Gasteiger partial charge on any atom is 0.355 e. The zero-order valence-corrected chi connectivity index (χ0v) is 14.9. The van der Waals surface area contributed by atoms with E-state index in [1.807, 2.05) is 0 Å². The summed E-state index contributed by atoms with van der Waals surface area (Å²) >= 11 is 16.9. The van der Waals surface area contributed by atoms with Gasteiger partial charge in [0.2, 0.25) is 0 Å². The Bertz CT molecular complexity index is 329. The summed E-state index contributed by atoms with van der Waals surface area (Å²) in [5.41, 5.74) is 0.374. The Kier molecular flexibility index (Phi) is 4.70. The van der Waals surface area contributed by atoms with Gasteiger partial charge in [-0.05, 0) is 59.8 Å². The number of thioether (sulfide) groups is 2. The van der Waals surface area contributed by atoms with Crippen LogP contribution < -0.4 is 0 Å². The average Bonchev–Trinajstić information content (AvgIpc) is 2.39. The zero-order valence-electron chi connectivity index (χ0n) is 11.8. The van der Waals surface area contributed by atoms with Gasteiger partial charge in [-0.25, -0.2) is 0 Å². The minimum Gasteiger partial charge on any atom is -0.171 e. The summed E-state index contributed by atoms with van der Waals surface area (Å²) in [6.07, 6.45) is 5.39. The maximum absolute atomic E-state index is 6.30. The highest BCUT2D eigenvalue weighted by Crippen LogP contribution is 2.67. The molecule has 2 bridgehead atoms. The van der Waals surface area contributed by atoms with Gasteiger partial charge in [0.15, 0.2) is 0 Å². The largest absolute Gasteiger partial charge is 0.355 e. The van der Waals surface area contributed by atoms with Crippen molar-refractivity contribution in [3.05, 3.63) is 0 Å². The third-order valence-corrected chi connectivity index (χ3v) is 9.50. The standard InChI is InChI=1S/C14H23BCl2S2/c1-14(2)9-6-11(14)10(12(7-9)15(16)17)8-13-18-4-3-5-19-13/h9-13H,3-8H2,1-2H3. The van der Waals surface area contributed by atoms with Gasteiger partial charge < -0.3 is 0 Å². The second-order valence-electron chi connectivity index (χ2n) is 7.02. The fourth-order valence-corrected chi connectivity index (χ4v) is 8.10. The molecule has 19 heavy (non-hydrogen) atoms. The average molecular weight is 337 g/mol. The van der Waals surface area contributed by atoms with Gasteiger partial charge in [0.05, 0.1) is 4.58 Å². The molecule has 3 saturated carbocycles. The quantitative estimate of drug-likeness (QED) is 0.616. The molecule has 0 aromatic rings. The van der Waals surface area contributed by atoms with E-state index in [0.29, 0.717) is 11.2 Å². The van der Waals surface area contributed by atoms with Gasteiger partial charge >= 0.3 is 5.54 Å². The van der Waals surface area contributed by atoms with Crippen LogP contribution in [0.25, 0.3) is 0 Å². The smallest absolute Gasteiger partial charge is 0.171 e. The Morgan fingerprint density at radius 3 is 2.42 bits per heavy atom. The fraction of sp³-hybridized carbons (Fsp3) is 1.00. The third-order valence-electron chi connectivity index (χ3n) is 5.85. The van der Waals surface area contributed by atoms with Crippen LogP contribution in [0.2, 0.25) is 5.82 Å². The van der Waals surface area contributed by atoms with E-state index >= 15 is 0 Å². The Morgan fingerprint density at radius 1 is 1.16 bits per heavy atom. The molecule has 1 heterocycles. The molecule has 0 aromatic heterocycles. The first-order valence-corrected chi connectivity index (χ1v) is 10.5. The Balaban J connectivity index is 1.70. The lowest BCUT2D eigenvalue weighted by atomic mass is 9.40. The molecule has 4 unspecified atom stereocenters. The first kappa shape index (κ1) is 15.2. The van der Waals surface area contributed by atoms with Crippen LogP contribution in [0.5, 0.6) is 0 Å². The van der Waals surface area contributed by atoms with Crippen molar-refractivity contribution in [1.82, 2.24) is 0 Å². The molecule has 4 aliphatic rings. The van der Waals surface area contributed by atoms with Gasteiger partial charge in [0.25, 0.3) is 0 Å². The number of hydrogen-bond donors (Lipinski definition) is 0. The van der Waals surface area contributed by atoms with Crippen molar-refractivity contribution in [2.45, 2.75) is 49.9 Å². The number of halogens is 2. The number of rotatable bonds is 3. The van der Waals surface area contributed by atoms with Gasteiger partial charge in [-0.1, -0.05) is 20.3 Å². The third kappa shape index (κ3) is 2.83. The van der Waals surface area contributed by atoms with E-state index in [0.717, 1.165) is 22.3 Å². The summed E-state index contributed by atoms with van der Waals surface area (Å²) in [7, 11) is 0. The second kappa shape index (κ2) is 5.86. The minimum absolute atomic E-state index is 0.162. The molecule has 0 N–H and O–H groups in total. The van der Waals surface area contributed by atoms with E-state index < -0.39 is 0 Å². The predicted octanol–water partition coefficient (Wildman–Crippen LogP) is 5.59. The first-order valence-electron chi connectivity index (χ1n) is 7.51. The second-order valence-corrected chi connectivity index (χ2v) is 11.1. The van der Waals surface area contributed by atoms with Crippen molar-refractivity contribution in [3.8, 4) is 0 Å². The van der Waals surface area contributed by atoms with Crippen LogP contribution in [0.1, 0.15) is 39.5 Å². The molecule has 0 radical (unpaired) electrons. The van der Waals surface area contributed by atoms with Crippen LogP contribution >= 0.6 is 46.4 Å². The monoisotopic (exact) mass is 336 g/mol. The SMILES string of the molecule is CC1(C)C2CC(B(Cl)Cl)C(CC3SCCCS3)C1C2. The summed E-state index contributed by atoms with van der Waals surface area (Å²) in [6, 6.07) is 0. The highest BCUT2D eigenvalue weighted by molar-refractivity contribution is 8.17. The molecule has 0 amide bonds. The van der Waals surface area contributed by atoms with Crippen LogP contribution in [0.3, 0.4) is 0 Å². The van der Waals surface area contributed by atoms with Crippen molar-refractivity contribution in [2.75, 3.05) is 11.5 Å². The van der Waals surface area contributed by atoms with E-state index in [1.54, 1.807) is 0 Å². The van der Waals surface area contributed by atoms with E-state index in [1.165, 1.54) is 37.2 Å². The van der Waals surface area contributed by atoms with Crippen molar-refractivity contribution in [1.29, 1.82) is 0 Å². The minimum atomic E-state index is -0.162. The Morgan fingerprint density at radius 2 is 1.84 bits per heavy atom. The molecule has 108 valence electrons. The van der Waals surface area contributed by atoms with Crippen LogP contribution in [0.15, 0.2) is 0 Å². The van der Waals surface area contributed by atoms with Crippen molar-refractivity contribution in [2.24, 2.45) is 23.2 Å². The van der Waals surface area contributed by atoms with Crippen molar-refractivity contribution < 1.29 is 0 Å². The lowest BCUT2D eigenvalue weighted by Crippen LogP contribution is -2.56. The van der Waals surface area contributed by atoms with Gasteiger partial charge in [-0.15, -0.1) is 23.5 Å². The lowest BCUT2D eigenvalue weighted by Gasteiger charge is -2.63. The maximum atomic E-state index is 6.30. The van der Waals surface area contributed by atoms with E-state index in [2.05, 4.69) is 37.4 Å². The van der Waals surface area contributed by atoms with Crippen LogP contribution in [-0.4, -0.2) is 21.6 Å². The highest BCUT2D eigenvalue weighted by Gasteiger charge is 2.59. The van der Waals surface area contributed by atoms with E-state index in [-0.39, 0.29) is 5.54 Å². The van der Waals surface area contributed by atoms with Gasteiger partial charge in [-0.3, -0.25) is 0 Å². The predicted molar refractivity (Wildman–Crippen MR) is 92.6 cm³/mol. The van der Waals surface area contributed by atoms with Crippen molar-refractivity contribution in [3.63, 3.8) is 0 Å². The molecular weight excluding hydrogens is 314 g/mol. The van der Waals surface area contributed by atoms with Gasteiger partial charge in [0.1, 0.15) is 0 Å². The van der Waals surface area contributed by atoms with Gasteiger partial charge in [-0.2, -0.15) is 22.9 Å². The fourth-order valence-electron chi connectivity index (χ4n) is 4.51. The summed E-state index contributed by atoms with van der Waals surface area (Å²) in [5, 5.41) is 0. The summed E-state index contributed by atoms with van der Waals surface area (Å²) in [6.45, 7) is 4.93. The summed E-state index contributed by atoms with van der Waals surface area (Å²) < 4.78 is 0.793. The number of hydrogen-bond acceptors (Lipinski definition) is 2. The molecule has 4 rings (SSSR count). The molecule has 3 aliphatic carbocycles. The topological polar surface area (TPSA) is 0 Å². The van der Waals surface area contributed by atoms with Crippen LogP contribution in [-0.2, 0) is 0 Å². The first-order chi connectivity index (χ1) is 9.00. The lowest BCUT2D eigenvalue weighted by molar-refractivity contribution is -0.105. The molecule has 0 spiro atoms. The zero-order chi connectivity index (χ0) is 13.6. The molecule has 4 fully saturated rings.